The minimum absolute atomic E-state index is 0.137. The van der Waals surface area contributed by atoms with Crippen LogP contribution in [0.25, 0.3) is 0 Å². The van der Waals surface area contributed by atoms with Crippen LogP contribution in [0.15, 0.2) is 18.2 Å². The van der Waals surface area contributed by atoms with Gasteiger partial charge < -0.3 is 5.32 Å². The third kappa shape index (κ3) is 3.57. The number of rotatable bonds is 3. The van der Waals surface area contributed by atoms with E-state index in [1.54, 1.807) is 12.1 Å². The van der Waals surface area contributed by atoms with Crippen LogP contribution in [0, 0.1) is 18.7 Å². The minimum atomic E-state index is -0.377. The molecule has 2 rings (SSSR count). The molecule has 1 aromatic rings. The molecule has 2 unspecified atom stereocenters. The fraction of sp³-hybridized carbons (Fsp3) is 0.562. The van der Waals surface area contributed by atoms with E-state index >= 15 is 0 Å². The Labute approximate surface area is 120 Å². The number of nitrogens with zero attached hydrogens (tertiary/aromatic N) is 1. The second-order valence-corrected chi connectivity index (χ2v) is 5.89. The number of carbonyl (C=O) groups is 1. The summed E-state index contributed by atoms with van der Waals surface area (Å²) in [6, 6.07) is 4.63. The van der Waals surface area contributed by atoms with E-state index in [0.717, 1.165) is 25.1 Å². The summed E-state index contributed by atoms with van der Waals surface area (Å²) in [6.45, 7) is 7.79. The lowest BCUT2D eigenvalue weighted by Gasteiger charge is -2.34. The highest BCUT2D eigenvalue weighted by Gasteiger charge is 2.25. The highest BCUT2D eigenvalue weighted by Crippen LogP contribution is 2.20. The van der Waals surface area contributed by atoms with Crippen LogP contribution in [-0.4, -0.2) is 29.9 Å². The average Bonchev–Trinajstić information content (AvgIpc) is 2.41. The molecule has 3 nitrogen and oxygen atoms in total. The fourth-order valence-corrected chi connectivity index (χ4v) is 2.70. The lowest BCUT2D eigenvalue weighted by Crippen LogP contribution is -2.46. The van der Waals surface area contributed by atoms with Crippen molar-refractivity contribution in [2.24, 2.45) is 5.92 Å². The van der Waals surface area contributed by atoms with Gasteiger partial charge in [0.15, 0.2) is 0 Å². The lowest BCUT2D eigenvalue weighted by atomic mass is 9.99. The number of likely N-dealkylation sites (tertiary alicyclic amines) is 1. The van der Waals surface area contributed by atoms with E-state index in [2.05, 4.69) is 17.1 Å². The van der Waals surface area contributed by atoms with Gasteiger partial charge in [0.25, 0.3) is 0 Å². The number of aryl methyl sites for hydroxylation is 1. The van der Waals surface area contributed by atoms with Gasteiger partial charge in [-0.05, 0) is 56.8 Å². The predicted molar refractivity (Wildman–Crippen MR) is 79.2 cm³/mol. The van der Waals surface area contributed by atoms with Crippen LogP contribution < -0.4 is 5.32 Å². The average molecular weight is 278 g/mol. The van der Waals surface area contributed by atoms with Crippen molar-refractivity contribution in [2.45, 2.75) is 39.7 Å². The molecule has 0 radical (unpaired) electrons. The summed E-state index contributed by atoms with van der Waals surface area (Å²) in [4.78, 5) is 14.4. The third-order valence-corrected chi connectivity index (χ3v) is 4.00. The molecule has 110 valence electrons. The quantitative estimate of drug-likeness (QED) is 0.921. The molecule has 0 aromatic heterocycles. The standard InChI is InChI=1S/C16H23FN2O/c1-11-6-7-15(14(17)9-11)18-16(20)13(3)19-8-4-5-12(2)10-19/h6-7,9,12-13H,4-5,8,10H2,1-3H3,(H,18,20). The minimum Gasteiger partial charge on any atom is -0.322 e. The molecule has 1 aromatic carbocycles. The van der Waals surface area contributed by atoms with Crippen molar-refractivity contribution in [3.05, 3.63) is 29.6 Å². The maximum Gasteiger partial charge on any atom is 0.241 e. The number of hydrogen-bond donors (Lipinski definition) is 1. The summed E-state index contributed by atoms with van der Waals surface area (Å²) in [5.41, 5.74) is 1.11. The van der Waals surface area contributed by atoms with E-state index in [-0.39, 0.29) is 23.5 Å². The van der Waals surface area contributed by atoms with Crippen LogP contribution in [0.1, 0.15) is 32.3 Å². The van der Waals surface area contributed by atoms with E-state index in [9.17, 15) is 9.18 Å². The van der Waals surface area contributed by atoms with Crippen molar-refractivity contribution in [1.82, 2.24) is 4.90 Å². The van der Waals surface area contributed by atoms with E-state index in [1.165, 1.54) is 12.5 Å². The number of amides is 1. The summed E-state index contributed by atoms with van der Waals surface area (Å²) >= 11 is 0. The van der Waals surface area contributed by atoms with Gasteiger partial charge in [-0.1, -0.05) is 13.0 Å². The highest BCUT2D eigenvalue weighted by atomic mass is 19.1. The van der Waals surface area contributed by atoms with Gasteiger partial charge >= 0.3 is 0 Å². The van der Waals surface area contributed by atoms with Crippen LogP contribution in [0.3, 0.4) is 0 Å². The molecule has 0 spiro atoms. The van der Waals surface area contributed by atoms with Gasteiger partial charge in [0.1, 0.15) is 5.82 Å². The largest absolute Gasteiger partial charge is 0.322 e. The molecular formula is C16H23FN2O. The molecule has 1 saturated heterocycles. The lowest BCUT2D eigenvalue weighted by molar-refractivity contribution is -0.121. The summed E-state index contributed by atoms with van der Waals surface area (Å²) in [5, 5.41) is 2.69. The SMILES string of the molecule is Cc1ccc(NC(=O)C(C)N2CCCC(C)C2)c(F)c1. The van der Waals surface area contributed by atoms with Crippen molar-refractivity contribution >= 4 is 11.6 Å². The Morgan fingerprint density at radius 3 is 2.90 bits per heavy atom. The maximum atomic E-state index is 13.8. The topological polar surface area (TPSA) is 32.3 Å². The Balaban J connectivity index is 2.00. The monoisotopic (exact) mass is 278 g/mol. The van der Waals surface area contributed by atoms with Crippen molar-refractivity contribution in [3.63, 3.8) is 0 Å². The molecule has 4 heteroatoms. The molecule has 1 fully saturated rings. The number of benzene rings is 1. The molecule has 1 aliphatic rings. The van der Waals surface area contributed by atoms with Gasteiger partial charge in [-0.3, -0.25) is 9.69 Å². The molecule has 1 heterocycles. The van der Waals surface area contributed by atoms with E-state index < -0.39 is 0 Å². The van der Waals surface area contributed by atoms with Crippen LogP contribution in [0.5, 0.6) is 0 Å². The third-order valence-electron chi connectivity index (χ3n) is 4.00. The Morgan fingerprint density at radius 2 is 2.25 bits per heavy atom. The summed E-state index contributed by atoms with van der Waals surface area (Å²) in [7, 11) is 0. The predicted octanol–water partition coefficient (Wildman–Crippen LogP) is 3.19. The number of carbonyl (C=O) groups excluding carboxylic acids is 1. The van der Waals surface area contributed by atoms with E-state index in [0.29, 0.717) is 5.92 Å². The zero-order valence-electron chi connectivity index (χ0n) is 12.4. The van der Waals surface area contributed by atoms with Crippen molar-refractivity contribution in [1.29, 1.82) is 0 Å². The fourth-order valence-electron chi connectivity index (χ4n) is 2.70. The molecule has 0 saturated carbocycles. The summed E-state index contributed by atoms with van der Waals surface area (Å²) in [5.74, 6) is 0.106. The second-order valence-electron chi connectivity index (χ2n) is 5.89. The summed E-state index contributed by atoms with van der Waals surface area (Å²) in [6.07, 6.45) is 2.34. The zero-order valence-corrected chi connectivity index (χ0v) is 12.4. The number of hydrogen-bond acceptors (Lipinski definition) is 2. The molecular weight excluding hydrogens is 255 g/mol. The first-order chi connectivity index (χ1) is 9.47. The van der Waals surface area contributed by atoms with Crippen molar-refractivity contribution < 1.29 is 9.18 Å². The molecule has 1 amide bonds. The van der Waals surface area contributed by atoms with Gasteiger partial charge in [-0.25, -0.2) is 4.39 Å². The van der Waals surface area contributed by atoms with Crippen molar-refractivity contribution in [2.75, 3.05) is 18.4 Å². The first kappa shape index (κ1) is 15.0. The van der Waals surface area contributed by atoms with Gasteiger partial charge in [0.05, 0.1) is 11.7 Å². The number of nitrogens with one attached hydrogen (secondary N) is 1. The maximum absolute atomic E-state index is 13.8. The first-order valence-electron chi connectivity index (χ1n) is 7.28. The normalized spacial score (nSPS) is 21.5. The van der Waals surface area contributed by atoms with Gasteiger partial charge in [0, 0.05) is 6.54 Å². The Hall–Kier alpha value is -1.42. The van der Waals surface area contributed by atoms with Crippen LogP contribution >= 0.6 is 0 Å². The first-order valence-corrected chi connectivity index (χ1v) is 7.28. The Kier molecular flexibility index (Phi) is 4.76. The number of anilines is 1. The second kappa shape index (κ2) is 6.35. The summed E-state index contributed by atoms with van der Waals surface area (Å²) < 4.78 is 13.8. The van der Waals surface area contributed by atoms with Crippen LogP contribution in [0.2, 0.25) is 0 Å². The van der Waals surface area contributed by atoms with Crippen LogP contribution in [-0.2, 0) is 4.79 Å². The molecule has 20 heavy (non-hydrogen) atoms. The van der Waals surface area contributed by atoms with E-state index in [4.69, 9.17) is 0 Å². The van der Waals surface area contributed by atoms with E-state index in [1.807, 2.05) is 13.8 Å². The van der Waals surface area contributed by atoms with Crippen molar-refractivity contribution in [3.8, 4) is 0 Å². The Bertz CT molecular complexity index is 489. The Morgan fingerprint density at radius 1 is 1.50 bits per heavy atom. The molecule has 0 bridgehead atoms. The molecule has 0 aliphatic carbocycles. The van der Waals surface area contributed by atoms with Gasteiger partial charge in [-0.15, -0.1) is 0 Å². The molecule has 1 N–H and O–H groups in total. The zero-order chi connectivity index (χ0) is 14.7. The molecule has 2 atom stereocenters. The number of halogens is 1. The molecule has 1 aliphatic heterocycles. The highest BCUT2D eigenvalue weighted by molar-refractivity contribution is 5.94. The van der Waals surface area contributed by atoms with Gasteiger partial charge in [-0.2, -0.15) is 0 Å². The van der Waals surface area contributed by atoms with Gasteiger partial charge in [0.2, 0.25) is 5.91 Å². The number of piperidine rings is 1. The van der Waals surface area contributed by atoms with Crippen LogP contribution in [0.4, 0.5) is 10.1 Å². The smallest absolute Gasteiger partial charge is 0.241 e.